The highest BCUT2D eigenvalue weighted by molar-refractivity contribution is 8.01. The lowest BCUT2D eigenvalue weighted by atomic mass is 10.1. The number of ether oxygens (including phenoxy) is 1. The van der Waals surface area contributed by atoms with E-state index in [2.05, 4.69) is 5.32 Å². The smallest absolute Gasteiger partial charge is 0.316 e. The van der Waals surface area contributed by atoms with Gasteiger partial charge in [-0.2, -0.15) is 0 Å². The Bertz CT molecular complexity index is 450. The maximum Gasteiger partial charge on any atom is 0.316 e. The highest BCUT2D eigenvalue weighted by Gasteiger charge is 2.22. The van der Waals surface area contributed by atoms with Crippen LogP contribution in [0, 0.1) is 5.92 Å². The van der Waals surface area contributed by atoms with E-state index in [1.807, 2.05) is 44.2 Å². The quantitative estimate of drug-likeness (QED) is 0.682. The van der Waals surface area contributed by atoms with Crippen LogP contribution in [0.2, 0.25) is 0 Å². The SMILES string of the molecule is CC(C)C(SCC(=O)NCCOc1ccccc1)C(=O)O. The largest absolute Gasteiger partial charge is 0.492 e. The second-order valence-corrected chi connectivity index (χ2v) is 5.96. The molecule has 0 saturated carbocycles. The number of nitrogens with one attached hydrogen (secondary N) is 1. The van der Waals surface area contributed by atoms with E-state index in [9.17, 15) is 9.59 Å². The van der Waals surface area contributed by atoms with Gasteiger partial charge in [0.25, 0.3) is 0 Å². The Morgan fingerprint density at radius 2 is 1.95 bits per heavy atom. The van der Waals surface area contributed by atoms with Crippen molar-refractivity contribution < 1.29 is 19.4 Å². The van der Waals surface area contributed by atoms with E-state index in [1.165, 1.54) is 0 Å². The molecule has 6 heteroatoms. The van der Waals surface area contributed by atoms with Crippen LogP contribution in [0.5, 0.6) is 5.75 Å². The zero-order chi connectivity index (χ0) is 15.7. The van der Waals surface area contributed by atoms with Crippen LogP contribution in [0.3, 0.4) is 0 Å². The Kier molecular flexibility index (Phi) is 7.68. The minimum atomic E-state index is -0.879. The molecule has 0 spiro atoms. The lowest BCUT2D eigenvalue weighted by Crippen LogP contribution is -2.31. The van der Waals surface area contributed by atoms with Crippen LogP contribution in [-0.2, 0) is 9.59 Å². The molecule has 0 bridgehead atoms. The lowest BCUT2D eigenvalue weighted by Gasteiger charge is -2.15. The number of carboxylic acids is 1. The molecule has 0 aromatic heterocycles. The number of carbonyl (C=O) groups is 2. The van der Waals surface area contributed by atoms with Gasteiger partial charge in [0.2, 0.25) is 5.91 Å². The zero-order valence-electron chi connectivity index (χ0n) is 12.2. The normalized spacial score (nSPS) is 12.0. The first-order valence-electron chi connectivity index (χ1n) is 6.79. The second kappa shape index (κ2) is 9.28. The van der Waals surface area contributed by atoms with Gasteiger partial charge in [-0.1, -0.05) is 32.0 Å². The van der Waals surface area contributed by atoms with Crippen molar-refractivity contribution in [2.24, 2.45) is 5.92 Å². The zero-order valence-corrected chi connectivity index (χ0v) is 13.1. The maximum absolute atomic E-state index is 11.6. The van der Waals surface area contributed by atoms with Gasteiger partial charge in [0.05, 0.1) is 12.3 Å². The van der Waals surface area contributed by atoms with Crippen LogP contribution in [0.15, 0.2) is 30.3 Å². The van der Waals surface area contributed by atoms with Gasteiger partial charge in [0.1, 0.15) is 17.6 Å². The third kappa shape index (κ3) is 7.04. The first-order chi connectivity index (χ1) is 10.0. The minimum absolute atomic E-state index is 0.0123. The Hall–Kier alpha value is -1.69. The summed E-state index contributed by atoms with van der Waals surface area (Å²) in [7, 11) is 0. The molecule has 0 fully saturated rings. The van der Waals surface area contributed by atoms with Crippen LogP contribution < -0.4 is 10.1 Å². The standard InChI is InChI=1S/C15H21NO4S/c1-11(2)14(15(18)19)21-10-13(17)16-8-9-20-12-6-4-3-5-7-12/h3-7,11,14H,8-10H2,1-2H3,(H,16,17)(H,18,19). The van der Waals surface area contributed by atoms with Gasteiger partial charge in [-0.15, -0.1) is 11.8 Å². The maximum atomic E-state index is 11.6. The Morgan fingerprint density at radius 1 is 1.29 bits per heavy atom. The van der Waals surface area contributed by atoms with Gasteiger partial charge in [0, 0.05) is 0 Å². The number of amides is 1. The average Bonchev–Trinajstić information content (AvgIpc) is 2.44. The molecule has 21 heavy (non-hydrogen) atoms. The molecule has 0 aliphatic carbocycles. The Labute approximate surface area is 129 Å². The van der Waals surface area contributed by atoms with Crippen molar-refractivity contribution in [1.29, 1.82) is 0 Å². The van der Waals surface area contributed by atoms with Crippen molar-refractivity contribution in [2.75, 3.05) is 18.9 Å². The van der Waals surface area contributed by atoms with E-state index in [4.69, 9.17) is 9.84 Å². The third-order valence-electron chi connectivity index (χ3n) is 2.68. The molecule has 1 amide bonds. The van der Waals surface area contributed by atoms with Crippen LogP contribution in [0.4, 0.5) is 0 Å². The van der Waals surface area contributed by atoms with E-state index in [0.717, 1.165) is 17.5 Å². The van der Waals surface area contributed by atoms with Crippen LogP contribution in [0.1, 0.15) is 13.8 Å². The summed E-state index contributed by atoms with van der Waals surface area (Å²) in [5.41, 5.74) is 0. The number of carbonyl (C=O) groups excluding carboxylic acids is 1. The van der Waals surface area contributed by atoms with Crippen LogP contribution in [-0.4, -0.2) is 41.1 Å². The van der Waals surface area contributed by atoms with E-state index in [1.54, 1.807) is 0 Å². The molecular weight excluding hydrogens is 290 g/mol. The molecule has 0 saturated heterocycles. The fourth-order valence-corrected chi connectivity index (χ4v) is 2.60. The van der Waals surface area contributed by atoms with Gasteiger partial charge >= 0.3 is 5.97 Å². The van der Waals surface area contributed by atoms with Gasteiger partial charge < -0.3 is 15.2 Å². The van der Waals surface area contributed by atoms with Crippen molar-refractivity contribution in [2.45, 2.75) is 19.1 Å². The summed E-state index contributed by atoms with van der Waals surface area (Å²) in [5.74, 6) is -0.173. The summed E-state index contributed by atoms with van der Waals surface area (Å²) < 4.78 is 5.44. The molecular formula is C15H21NO4S. The molecule has 0 aliphatic rings. The number of thioether (sulfide) groups is 1. The molecule has 2 N–H and O–H groups in total. The molecule has 116 valence electrons. The number of hydrogen-bond acceptors (Lipinski definition) is 4. The summed E-state index contributed by atoms with van der Waals surface area (Å²) in [4.78, 5) is 22.6. The summed E-state index contributed by atoms with van der Waals surface area (Å²) in [5, 5.41) is 11.2. The van der Waals surface area contributed by atoms with Crippen molar-refractivity contribution in [3.63, 3.8) is 0 Å². The number of aliphatic carboxylic acids is 1. The topological polar surface area (TPSA) is 75.6 Å². The van der Waals surface area contributed by atoms with Crippen LogP contribution >= 0.6 is 11.8 Å². The molecule has 1 aromatic carbocycles. The van der Waals surface area contributed by atoms with Gasteiger partial charge in [-0.3, -0.25) is 9.59 Å². The molecule has 5 nitrogen and oxygen atoms in total. The van der Waals surface area contributed by atoms with E-state index in [-0.39, 0.29) is 17.6 Å². The Morgan fingerprint density at radius 3 is 2.52 bits per heavy atom. The summed E-state index contributed by atoms with van der Waals surface area (Å²) in [6, 6.07) is 9.35. The fraction of sp³-hybridized carbons (Fsp3) is 0.467. The van der Waals surface area contributed by atoms with Crippen molar-refractivity contribution in [3.8, 4) is 5.75 Å². The minimum Gasteiger partial charge on any atom is -0.492 e. The molecule has 0 heterocycles. The number of hydrogen-bond donors (Lipinski definition) is 2. The number of para-hydroxylation sites is 1. The lowest BCUT2D eigenvalue weighted by molar-refractivity contribution is -0.137. The second-order valence-electron chi connectivity index (χ2n) is 4.83. The Balaban J connectivity index is 2.18. The molecule has 0 radical (unpaired) electrons. The predicted molar refractivity (Wildman–Crippen MR) is 83.7 cm³/mol. The highest BCUT2D eigenvalue weighted by atomic mass is 32.2. The van der Waals surface area contributed by atoms with Gasteiger partial charge in [-0.25, -0.2) is 0 Å². The predicted octanol–water partition coefficient (Wildman–Crippen LogP) is 2.02. The number of benzene rings is 1. The molecule has 1 rings (SSSR count). The van der Waals surface area contributed by atoms with E-state index < -0.39 is 11.2 Å². The molecule has 1 atom stereocenters. The van der Waals surface area contributed by atoms with E-state index >= 15 is 0 Å². The average molecular weight is 311 g/mol. The summed E-state index contributed by atoms with van der Waals surface area (Å²) in [6.07, 6.45) is 0. The summed E-state index contributed by atoms with van der Waals surface area (Å²) >= 11 is 1.15. The first kappa shape index (κ1) is 17.4. The third-order valence-corrected chi connectivity index (χ3v) is 4.21. The van der Waals surface area contributed by atoms with Crippen molar-refractivity contribution in [3.05, 3.63) is 30.3 Å². The molecule has 1 unspecified atom stereocenters. The monoisotopic (exact) mass is 311 g/mol. The number of rotatable bonds is 9. The number of carboxylic acid groups (broad SMARTS) is 1. The van der Waals surface area contributed by atoms with Crippen molar-refractivity contribution in [1.82, 2.24) is 5.32 Å². The first-order valence-corrected chi connectivity index (χ1v) is 7.84. The van der Waals surface area contributed by atoms with E-state index in [0.29, 0.717) is 13.2 Å². The fourth-order valence-electron chi connectivity index (χ4n) is 1.64. The van der Waals surface area contributed by atoms with Gasteiger partial charge in [0.15, 0.2) is 0 Å². The highest BCUT2D eigenvalue weighted by Crippen LogP contribution is 2.19. The van der Waals surface area contributed by atoms with Gasteiger partial charge in [-0.05, 0) is 18.1 Å². The molecule has 0 aliphatic heterocycles. The molecule has 1 aromatic rings. The summed E-state index contributed by atoms with van der Waals surface area (Å²) in [6.45, 7) is 4.44. The van der Waals surface area contributed by atoms with Crippen LogP contribution in [0.25, 0.3) is 0 Å². The van der Waals surface area contributed by atoms with Crippen molar-refractivity contribution >= 4 is 23.6 Å².